The molecule has 35 heavy (non-hydrogen) atoms. The Kier molecular flexibility index (Phi) is 6.70. The molecule has 184 valence electrons. The van der Waals surface area contributed by atoms with Crippen molar-refractivity contribution >= 4 is 29.4 Å². The van der Waals surface area contributed by atoms with E-state index in [0.29, 0.717) is 11.1 Å². The van der Waals surface area contributed by atoms with Crippen LogP contribution in [-0.2, 0) is 16.1 Å². The normalized spacial score (nSPS) is 20.7. The average molecular weight is 482 g/mol. The van der Waals surface area contributed by atoms with Crippen LogP contribution in [0.25, 0.3) is 0 Å². The summed E-state index contributed by atoms with van der Waals surface area (Å²) < 4.78 is 14.6. The Hall–Kier alpha value is -3.99. The van der Waals surface area contributed by atoms with E-state index in [2.05, 4.69) is 10.3 Å². The first-order valence-electron chi connectivity index (χ1n) is 11.2. The van der Waals surface area contributed by atoms with Crippen molar-refractivity contribution in [2.45, 2.75) is 25.7 Å². The molecule has 2 saturated heterocycles. The second kappa shape index (κ2) is 9.71. The van der Waals surface area contributed by atoms with Gasteiger partial charge in [-0.2, -0.15) is 5.01 Å². The van der Waals surface area contributed by atoms with Crippen molar-refractivity contribution in [2.75, 3.05) is 27.2 Å². The molecule has 2 atom stereocenters. The Bertz CT molecular complexity index is 1170. The average Bonchev–Trinajstić information content (AvgIpc) is 3.16. The number of urea groups is 1. The third-order valence-electron chi connectivity index (χ3n) is 6.19. The van der Waals surface area contributed by atoms with E-state index >= 15 is 0 Å². The molecule has 2 fully saturated rings. The number of amides is 4. The van der Waals surface area contributed by atoms with Crippen molar-refractivity contribution in [3.63, 3.8) is 0 Å². The van der Waals surface area contributed by atoms with Crippen LogP contribution in [0.4, 0.5) is 14.9 Å². The van der Waals surface area contributed by atoms with Crippen molar-refractivity contribution in [2.24, 2.45) is 10.7 Å². The molecule has 4 amide bonds. The number of piperazine rings is 1. The van der Waals surface area contributed by atoms with E-state index < -0.39 is 18.0 Å². The van der Waals surface area contributed by atoms with Crippen molar-refractivity contribution in [1.29, 1.82) is 0 Å². The number of hydrogen-bond donors (Lipinski definition) is 2. The van der Waals surface area contributed by atoms with Crippen LogP contribution in [0.1, 0.15) is 24.1 Å². The zero-order chi connectivity index (χ0) is 25.3. The van der Waals surface area contributed by atoms with Gasteiger partial charge in [0, 0.05) is 26.2 Å². The Morgan fingerprint density at radius 1 is 1.20 bits per heavy atom. The molecule has 10 nitrogen and oxygen atoms in total. The third-order valence-corrected chi connectivity index (χ3v) is 6.19. The third kappa shape index (κ3) is 4.54. The number of halogens is 1. The summed E-state index contributed by atoms with van der Waals surface area (Å²) in [6, 6.07) is 12.3. The van der Waals surface area contributed by atoms with Crippen molar-refractivity contribution in [1.82, 2.24) is 25.1 Å². The molecule has 2 aliphatic rings. The van der Waals surface area contributed by atoms with Gasteiger partial charge in [-0.25, -0.2) is 14.2 Å². The molecule has 0 unspecified atom stereocenters. The number of carbonyl (C=O) groups is 3. The van der Waals surface area contributed by atoms with Crippen molar-refractivity contribution < 1.29 is 18.8 Å². The fraction of sp³-hybridized carbons (Fsp3) is 0.333. The number of para-hydroxylation sites is 1. The molecule has 2 aliphatic heterocycles. The van der Waals surface area contributed by atoms with E-state index in [1.165, 1.54) is 23.0 Å². The summed E-state index contributed by atoms with van der Waals surface area (Å²) >= 11 is 0. The van der Waals surface area contributed by atoms with Gasteiger partial charge in [0.15, 0.2) is 0 Å². The maximum atomic E-state index is 14.6. The van der Waals surface area contributed by atoms with E-state index in [4.69, 9.17) is 5.73 Å². The maximum absolute atomic E-state index is 14.6. The first kappa shape index (κ1) is 24.1. The minimum atomic E-state index is -0.887. The topological polar surface area (TPSA) is 115 Å². The van der Waals surface area contributed by atoms with Crippen LogP contribution in [0, 0.1) is 5.82 Å². The summed E-state index contributed by atoms with van der Waals surface area (Å²) in [5, 5.41) is 5.53. The highest BCUT2D eigenvalue weighted by Gasteiger charge is 2.52. The lowest BCUT2D eigenvalue weighted by atomic mass is 10.00. The number of rotatable bonds is 5. The number of hydrazine groups is 1. The summed E-state index contributed by atoms with van der Waals surface area (Å²) in [7, 11) is 3.07. The van der Waals surface area contributed by atoms with Gasteiger partial charge in [0.2, 0.25) is 5.91 Å². The highest BCUT2D eigenvalue weighted by Crippen LogP contribution is 2.37. The number of nitrogens with two attached hydrogens (primary N) is 1. The molecule has 0 bridgehead atoms. The minimum absolute atomic E-state index is 0.0546. The first-order valence-corrected chi connectivity index (χ1v) is 11.2. The van der Waals surface area contributed by atoms with Gasteiger partial charge >= 0.3 is 6.03 Å². The quantitative estimate of drug-likeness (QED) is 0.497. The van der Waals surface area contributed by atoms with Gasteiger partial charge in [0.05, 0.1) is 18.9 Å². The highest BCUT2D eigenvalue weighted by molar-refractivity contribution is 5.92. The predicted molar refractivity (Wildman–Crippen MR) is 128 cm³/mol. The van der Waals surface area contributed by atoms with E-state index in [1.54, 1.807) is 60.3 Å². The number of carbonyl (C=O) groups excluding carboxylic acids is 3. The van der Waals surface area contributed by atoms with Gasteiger partial charge in [-0.15, -0.1) is 0 Å². The van der Waals surface area contributed by atoms with E-state index in [0.717, 1.165) is 0 Å². The summed E-state index contributed by atoms with van der Waals surface area (Å²) in [6.07, 6.45) is -0.593. The van der Waals surface area contributed by atoms with Crippen LogP contribution in [0.15, 0.2) is 53.5 Å². The molecular formula is C24H28FN7O3. The van der Waals surface area contributed by atoms with Gasteiger partial charge < -0.3 is 20.9 Å². The minimum Gasteiger partial charge on any atom is -0.387 e. The van der Waals surface area contributed by atoms with Crippen molar-refractivity contribution in [3.8, 4) is 0 Å². The Morgan fingerprint density at radius 3 is 2.57 bits per heavy atom. The second-order valence-electron chi connectivity index (χ2n) is 8.49. The molecular weight excluding hydrogens is 453 g/mol. The molecule has 0 radical (unpaired) electrons. The molecule has 4 rings (SSSR count). The molecule has 0 aliphatic carbocycles. The molecule has 3 N–H and O–H groups in total. The number of aliphatic imine (C=N–C) groups is 1. The van der Waals surface area contributed by atoms with Crippen molar-refractivity contribution in [3.05, 3.63) is 65.5 Å². The van der Waals surface area contributed by atoms with Crippen LogP contribution in [0.3, 0.4) is 0 Å². The molecule has 2 heterocycles. The Balaban J connectivity index is 1.75. The lowest BCUT2D eigenvalue weighted by molar-refractivity contribution is -0.157. The smallest absolute Gasteiger partial charge is 0.331 e. The zero-order valence-corrected chi connectivity index (χ0v) is 19.8. The lowest BCUT2D eigenvalue weighted by Crippen LogP contribution is -2.62. The summed E-state index contributed by atoms with van der Waals surface area (Å²) in [4.78, 5) is 46.5. The number of amidine groups is 1. The van der Waals surface area contributed by atoms with Gasteiger partial charge in [-0.3, -0.25) is 14.6 Å². The first-order chi connectivity index (χ1) is 16.7. The van der Waals surface area contributed by atoms with Gasteiger partial charge in [-0.1, -0.05) is 42.5 Å². The number of nitrogens with one attached hydrogen (secondary N) is 1. The summed E-state index contributed by atoms with van der Waals surface area (Å²) in [5.74, 6) is -0.916. The molecule has 2 aromatic rings. The predicted octanol–water partition coefficient (Wildman–Crippen LogP) is 1.57. The zero-order valence-electron chi connectivity index (χ0n) is 19.8. The molecule has 0 saturated carbocycles. The second-order valence-corrected chi connectivity index (χ2v) is 8.49. The van der Waals surface area contributed by atoms with Crippen LogP contribution in [0.2, 0.25) is 0 Å². The Labute approximate surface area is 202 Å². The number of fused-ring (bicyclic) bond motifs is 1. The van der Waals surface area contributed by atoms with Crippen LogP contribution in [0.5, 0.6) is 0 Å². The van der Waals surface area contributed by atoms with Crippen LogP contribution in [-0.4, -0.2) is 76.8 Å². The van der Waals surface area contributed by atoms with Gasteiger partial charge in [-0.05, 0) is 18.6 Å². The highest BCUT2D eigenvalue weighted by atomic mass is 19.1. The Morgan fingerprint density at radius 2 is 1.91 bits per heavy atom. The summed E-state index contributed by atoms with van der Waals surface area (Å²) in [6.45, 7) is 1.68. The van der Waals surface area contributed by atoms with Gasteiger partial charge in [0.1, 0.15) is 23.7 Å². The lowest BCUT2D eigenvalue weighted by Gasteiger charge is -2.45. The maximum Gasteiger partial charge on any atom is 0.331 e. The van der Waals surface area contributed by atoms with E-state index in [1.807, 2.05) is 6.07 Å². The number of benzene rings is 2. The molecule has 0 aromatic heterocycles. The van der Waals surface area contributed by atoms with E-state index in [-0.39, 0.29) is 49.0 Å². The number of hydrogen-bond acceptors (Lipinski definition) is 5. The van der Waals surface area contributed by atoms with Gasteiger partial charge in [0.25, 0.3) is 5.91 Å². The number of nitrogens with zero attached hydrogens (tertiary/aromatic N) is 5. The van der Waals surface area contributed by atoms with Crippen LogP contribution >= 0.6 is 0 Å². The van der Waals surface area contributed by atoms with Crippen LogP contribution < -0.4 is 11.1 Å². The molecule has 2 aromatic carbocycles. The van der Waals surface area contributed by atoms with E-state index in [9.17, 15) is 18.8 Å². The fourth-order valence-corrected chi connectivity index (χ4v) is 4.57. The molecule has 11 heteroatoms. The summed E-state index contributed by atoms with van der Waals surface area (Å²) in [5.41, 5.74) is 6.92. The largest absolute Gasteiger partial charge is 0.387 e. The SMILES string of the molecule is CNC(=O)N(C)N1CC(=O)N2[C@@H](c3ccccc3)C(=O)N(Cc3cccc(F)c3N=C(C)N)C[C@@H]21. The monoisotopic (exact) mass is 481 g/mol. The fourth-order valence-electron chi connectivity index (χ4n) is 4.57. The standard InChI is InChI=1S/C24H28FN7O3/c1-15(26)28-21-17(10-7-11-18(21)25)12-30-13-19-31(29(3)24(35)27-2)14-20(33)32(19)22(23(30)34)16-8-5-4-6-9-16/h4-11,19,22H,12-14H2,1-3H3,(H2,26,28)(H,27,35)/t19-,22+/m1/s1. The molecule has 0 spiro atoms.